The maximum Gasteiger partial charge on any atom is 0.227 e. The molecule has 1 aromatic rings. The first-order valence-electron chi connectivity index (χ1n) is 8.79. The Morgan fingerprint density at radius 2 is 1.96 bits per heavy atom. The summed E-state index contributed by atoms with van der Waals surface area (Å²) in [5.41, 5.74) is 0. The molecule has 1 atom stereocenters. The van der Waals surface area contributed by atoms with Crippen LogP contribution in [0.1, 0.15) is 33.1 Å². The largest absolute Gasteiger partial charge is 0.492 e. The molecule has 0 saturated carbocycles. The second kappa shape index (κ2) is 8.71. The highest BCUT2D eigenvalue weighted by atomic mass is 16.5. The molecule has 5 heteroatoms. The molecule has 0 N–H and O–H groups in total. The lowest BCUT2D eigenvalue weighted by Crippen LogP contribution is -2.39. The molecule has 0 aliphatic carbocycles. The van der Waals surface area contributed by atoms with E-state index in [4.69, 9.17) is 4.74 Å². The molecular formula is C19H28N2O3. The van der Waals surface area contributed by atoms with Crippen LogP contribution >= 0.6 is 0 Å². The molecule has 24 heavy (non-hydrogen) atoms. The van der Waals surface area contributed by atoms with Crippen molar-refractivity contribution in [3.8, 4) is 5.75 Å². The van der Waals surface area contributed by atoms with Crippen molar-refractivity contribution < 1.29 is 14.3 Å². The molecule has 1 unspecified atom stereocenters. The molecule has 0 aromatic heterocycles. The van der Waals surface area contributed by atoms with Crippen LogP contribution in [0.25, 0.3) is 0 Å². The molecule has 1 heterocycles. The van der Waals surface area contributed by atoms with Gasteiger partial charge in [-0.15, -0.1) is 0 Å². The number of rotatable bonds is 8. The van der Waals surface area contributed by atoms with Crippen molar-refractivity contribution in [1.29, 1.82) is 0 Å². The zero-order valence-corrected chi connectivity index (χ0v) is 14.9. The van der Waals surface area contributed by atoms with Crippen LogP contribution in [0, 0.1) is 5.92 Å². The third kappa shape index (κ3) is 4.49. The molecule has 2 amide bonds. The zero-order chi connectivity index (χ0) is 17.5. The maximum absolute atomic E-state index is 12.6. The fourth-order valence-corrected chi connectivity index (χ4v) is 3.22. The van der Waals surface area contributed by atoms with Crippen LogP contribution in [0.2, 0.25) is 0 Å². The van der Waals surface area contributed by atoms with Crippen LogP contribution in [0.5, 0.6) is 5.75 Å². The number of nitrogens with zero attached hydrogens (tertiary/aromatic N) is 2. The highest BCUT2D eigenvalue weighted by Gasteiger charge is 2.37. The Morgan fingerprint density at radius 3 is 2.58 bits per heavy atom. The minimum atomic E-state index is -0.222. The minimum Gasteiger partial charge on any atom is -0.492 e. The Morgan fingerprint density at radius 1 is 1.29 bits per heavy atom. The van der Waals surface area contributed by atoms with Crippen LogP contribution in [0.4, 0.5) is 0 Å². The lowest BCUT2D eigenvalue weighted by molar-refractivity contribution is -0.135. The number of benzene rings is 1. The first kappa shape index (κ1) is 18.3. The summed E-state index contributed by atoms with van der Waals surface area (Å²) in [7, 11) is 1.78. The van der Waals surface area contributed by atoms with Gasteiger partial charge in [-0.1, -0.05) is 32.0 Å². The standard InChI is InChI=1S/C19H28N2O3/c1-4-16(5-2)21-14-15(13-18(21)22)19(23)20(3)11-12-24-17-9-7-6-8-10-17/h6-10,15-16H,4-5,11-14H2,1-3H3. The van der Waals surface area contributed by atoms with E-state index in [2.05, 4.69) is 13.8 Å². The normalized spacial score (nSPS) is 17.4. The molecule has 0 bridgehead atoms. The Kier molecular flexibility index (Phi) is 6.64. The molecule has 0 radical (unpaired) electrons. The number of hydrogen-bond donors (Lipinski definition) is 0. The van der Waals surface area contributed by atoms with Crippen molar-refractivity contribution >= 4 is 11.8 Å². The molecule has 1 fully saturated rings. The number of carbonyl (C=O) groups is 2. The van der Waals surface area contributed by atoms with Gasteiger partial charge < -0.3 is 14.5 Å². The third-order valence-corrected chi connectivity index (χ3v) is 4.71. The number of likely N-dealkylation sites (tertiary alicyclic amines) is 1. The summed E-state index contributed by atoms with van der Waals surface area (Å²) >= 11 is 0. The summed E-state index contributed by atoms with van der Waals surface area (Å²) in [6.45, 7) is 5.69. The second-order valence-corrected chi connectivity index (χ2v) is 6.34. The number of amides is 2. The van der Waals surface area contributed by atoms with Gasteiger partial charge in [-0.25, -0.2) is 0 Å². The molecule has 132 valence electrons. The average Bonchev–Trinajstić information content (AvgIpc) is 2.98. The summed E-state index contributed by atoms with van der Waals surface area (Å²) < 4.78 is 5.63. The van der Waals surface area contributed by atoms with Crippen LogP contribution in [0.15, 0.2) is 30.3 Å². The first-order valence-corrected chi connectivity index (χ1v) is 8.79. The van der Waals surface area contributed by atoms with Crippen LogP contribution in [-0.4, -0.2) is 54.4 Å². The van der Waals surface area contributed by atoms with E-state index >= 15 is 0 Å². The molecule has 1 aromatic carbocycles. The van der Waals surface area contributed by atoms with Gasteiger partial charge in [0.1, 0.15) is 12.4 Å². The van der Waals surface area contributed by atoms with E-state index in [1.807, 2.05) is 35.2 Å². The van der Waals surface area contributed by atoms with Crippen LogP contribution in [0.3, 0.4) is 0 Å². The quantitative estimate of drug-likeness (QED) is 0.735. The number of likely N-dealkylation sites (N-methyl/N-ethyl adjacent to an activating group) is 1. The van der Waals surface area contributed by atoms with E-state index < -0.39 is 0 Å². The summed E-state index contributed by atoms with van der Waals surface area (Å²) in [5.74, 6) is 0.721. The molecular weight excluding hydrogens is 304 g/mol. The van der Waals surface area contributed by atoms with Gasteiger partial charge >= 0.3 is 0 Å². The number of para-hydroxylation sites is 1. The Labute approximate surface area is 144 Å². The highest BCUT2D eigenvalue weighted by Crippen LogP contribution is 2.24. The van der Waals surface area contributed by atoms with Gasteiger partial charge in [0.15, 0.2) is 0 Å². The molecule has 5 nitrogen and oxygen atoms in total. The van der Waals surface area contributed by atoms with Crippen molar-refractivity contribution in [2.75, 3.05) is 26.7 Å². The fraction of sp³-hybridized carbons (Fsp3) is 0.579. The molecule has 1 saturated heterocycles. The smallest absolute Gasteiger partial charge is 0.227 e. The van der Waals surface area contributed by atoms with Crippen LogP contribution in [-0.2, 0) is 9.59 Å². The lowest BCUT2D eigenvalue weighted by Gasteiger charge is -2.26. The summed E-state index contributed by atoms with van der Waals surface area (Å²) in [6.07, 6.45) is 2.20. The number of hydrogen-bond acceptors (Lipinski definition) is 3. The predicted molar refractivity (Wildman–Crippen MR) is 93.8 cm³/mol. The maximum atomic E-state index is 12.6. The van der Waals surface area contributed by atoms with Crippen LogP contribution < -0.4 is 4.74 Å². The summed E-state index contributed by atoms with van der Waals surface area (Å²) in [4.78, 5) is 28.3. The van der Waals surface area contributed by atoms with Crippen molar-refractivity contribution in [3.63, 3.8) is 0 Å². The van der Waals surface area contributed by atoms with Gasteiger partial charge in [-0.2, -0.15) is 0 Å². The zero-order valence-electron chi connectivity index (χ0n) is 14.9. The second-order valence-electron chi connectivity index (χ2n) is 6.34. The topological polar surface area (TPSA) is 49.9 Å². The van der Waals surface area contributed by atoms with Crippen molar-refractivity contribution in [2.45, 2.75) is 39.2 Å². The number of carbonyl (C=O) groups excluding carboxylic acids is 2. The molecule has 1 aliphatic heterocycles. The minimum absolute atomic E-state index is 0.0356. The first-order chi connectivity index (χ1) is 11.6. The Hall–Kier alpha value is -2.04. The van der Waals surface area contributed by atoms with E-state index in [1.54, 1.807) is 11.9 Å². The van der Waals surface area contributed by atoms with Crippen molar-refractivity contribution in [2.24, 2.45) is 5.92 Å². The highest BCUT2D eigenvalue weighted by molar-refractivity contribution is 5.89. The van der Waals surface area contributed by atoms with Crippen molar-refractivity contribution in [1.82, 2.24) is 9.80 Å². The van der Waals surface area contributed by atoms with Gasteiger partial charge in [0.05, 0.1) is 12.5 Å². The van der Waals surface area contributed by atoms with Gasteiger partial charge in [-0.05, 0) is 25.0 Å². The van der Waals surface area contributed by atoms with E-state index in [0.717, 1.165) is 18.6 Å². The van der Waals surface area contributed by atoms with E-state index in [9.17, 15) is 9.59 Å². The Balaban J connectivity index is 1.81. The van der Waals surface area contributed by atoms with Gasteiger partial charge in [0, 0.05) is 26.1 Å². The molecule has 2 rings (SSSR count). The third-order valence-electron chi connectivity index (χ3n) is 4.71. The van der Waals surface area contributed by atoms with E-state index in [1.165, 1.54) is 0 Å². The molecule has 1 aliphatic rings. The summed E-state index contributed by atoms with van der Waals surface area (Å²) in [5, 5.41) is 0. The monoisotopic (exact) mass is 332 g/mol. The van der Waals surface area contributed by atoms with Gasteiger partial charge in [0.2, 0.25) is 11.8 Å². The number of ether oxygens (including phenoxy) is 1. The Bertz CT molecular complexity index is 543. The molecule has 0 spiro atoms. The van der Waals surface area contributed by atoms with E-state index in [0.29, 0.717) is 26.1 Å². The lowest BCUT2D eigenvalue weighted by atomic mass is 10.1. The van der Waals surface area contributed by atoms with Crippen molar-refractivity contribution in [3.05, 3.63) is 30.3 Å². The van der Waals surface area contributed by atoms with Gasteiger partial charge in [0.25, 0.3) is 0 Å². The van der Waals surface area contributed by atoms with Gasteiger partial charge in [-0.3, -0.25) is 9.59 Å². The SMILES string of the molecule is CCC(CC)N1CC(C(=O)N(C)CCOc2ccccc2)CC1=O. The predicted octanol–water partition coefficient (Wildman–Crippen LogP) is 2.56. The van der Waals surface area contributed by atoms with E-state index in [-0.39, 0.29) is 23.8 Å². The fourth-order valence-electron chi connectivity index (χ4n) is 3.22. The average molecular weight is 332 g/mol. The summed E-state index contributed by atoms with van der Waals surface area (Å²) in [6, 6.07) is 9.81.